The van der Waals surface area contributed by atoms with Gasteiger partial charge in [-0.2, -0.15) is 0 Å². The van der Waals surface area contributed by atoms with E-state index < -0.39 is 0 Å². The van der Waals surface area contributed by atoms with Crippen molar-refractivity contribution in [3.8, 4) is 0 Å². The molecule has 15 nitrogen and oxygen atoms in total. The Morgan fingerprint density at radius 2 is 1.18 bits per heavy atom. The lowest BCUT2D eigenvalue weighted by Gasteiger charge is -2.21. The van der Waals surface area contributed by atoms with Crippen molar-refractivity contribution in [3.63, 3.8) is 0 Å². The van der Waals surface area contributed by atoms with Gasteiger partial charge in [0.25, 0.3) is 11.1 Å². The maximum atomic E-state index is 12.9. The van der Waals surface area contributed by atoms with Crippen molar-refractivity contribution in [2.24, 2.45) is 11.8 Å². The van der Waals surface area contributed by atoms with Crippen molar-refractivity contribution in [1.82, 2.24) is 38.3 Å². The third-order valence-electron chi connectivity index (χ3n) is 11.1. The first kappa shape index (κ1) is 41.1. The van der Waals surface area contributed by atoms with E-state index in [1.165, 1.54) is 12.8 Å². The van der Waals surface area contributed by atoms with Gasteiger partial charge in [0.1, 0.15) is 11.6 Å². The Morgan fingerprint density at radius 3 is 1.69 bits per heavy atom. The average molecular weight is 785 g/mol. The lowest BCUT2D eigenvalue weighted by molar-refractivity contribution is 0.0831. The second-order valence-electron chi connectivity index (χ2n) is 15.9. The van der Waals surface area contributed by atoms with Crippen LogP contribution in [0.1, 0.15) is 110 Å². The summed E-state index contributed by atoms with van der Waals surface area (Å²) in [5.74, 6) is 5.03. The summed E-state index contributed by atoms with van der Waals surface area (Å²) >= 11 is 6.31. The monoisotopic (exact) mass is 784 g/mol. The van der Waals surface area contributed by atoms with Crippen LogP contribution in [0.4, 0.5) is 11.9 Å². The summed E-state index contributed by atoms with van der Waals surface area (Å²) in [6.07, 6.45) is 10.1. The molecule has 0 radical (unpaired) electrons. The van der Waals surface area contributed by atoms with Crippen molar-refractivity contribution in [1.29, 1.82) is 0 Å². The first-order chi connectivity index (χ1) is 26.2. The highest BCUT2D eigenvalue weighted by Crippen LogP contribution is 2.30. The highest BCUT2D eigenvalue weighted by molar-refractivity contribution is 6.32. The summed E-state index contributed by atoms with van der Waals surface area (Å²) in [7, 11) is 0. The molecule has 55 heavy (non-hydrogen) atoms. The lowest BCUT2D eigenvalue weighted by Crippen LogP contribution is -2.27. The van der Waals surface area contributed by atoms with Crippen molar-refractivity contribution >= 4 is 34.5 Å². The Bertz CT molecular complexity index is 1980. The van der Waals surface area contributed by atoms with Crippen molar-refractivity contribution in [3.05, 3.63) is 43.7 Å². The molecule has 4 aromatic rings. The number of rotatable bonds is 8. The fourth-order valence-corrected chi connectivity index (χ4v) is 8.00. The first-order valence-corrected chi connectivity index (χ1v) is 20.5. The van der Waals surface area contributed by atoms with Crippen LogP contribution in [0.15, 0.2) is 15.8 Å². The number of ether oxygens (including phenoxy) is 3. The van der Waals surface area contributed by atoms with Gasteiger partial charge in [-0.05, 0) is 63.2 Å². The molecule has 0 saturated carbocycles. The van der Waals surface area contributed by atoms with Crippen molar-refractivity contribution < 1.29 is 14.2 Å². The molecular formula is C39H61ClN10O5. The predicted octanol–water partition coefficient (Wildman–Crippen LogP) is 5.39. The zero-order chi connectivity index (χ0) is 37.8. The van der Waals surface area contributed by atoms with Crippen LogP contribution in [0.2, 0.25) is 5.15 Å². The number of fused-ring (bicyclic) bond motifs is 4. The summed E-state index contributed by atoms with van der Waals surface area (Å²) in [5.41, 5.74) is 0.925. The number of nitrogens with zero attached hydrogens (tertiary/aromatic N) is 10. The molecule has 304 valence electrons. The van der Waals surface area contributed by atoms with E-state index in [1.807, 2.05) is 0 Å². The van der Waals surface area contributed by atoms with Gasteiger partial charge in [-0.25, -0.2) is 19.0 Å². The van der Waals surface area contributed by atoms with Gasteiger partial charge in [0.05, 0.1) is 6.20 Å². The van der Waals surface area contributed by atoms with Gasteiger partial charge < -0.3 is 24.0 Å². The molecular weight excluding hydrogens is 724 g/mol. The largest absolute Gasteiger partial charge is 0.381 e. The van der Waals surface area contributed by atoms with Gasteiger partial charge in [0.2, 0.25) is 11.9 Å². The highest BCUT2D eigenvalue weighted by atomic mass is 35.5. The van der Waals surface area contributed by atoms with Gasteiger partial charge in [0.15, 0.2) is 16.2 Å². The van der Waals surface area contributed by atoms with Crippen LogP contribution in [0.3, 0.4) is 0 Å². The number of imidazole rings is 2. The van der Waals surface area contributed by atoms with Gasteiger partial charge in [-0.15, -0.1) is 10.2 Å². The molecule has 5 aliphatic heterocycles. The maximum absolute atomic E-state index is 12.9. The normalized spacial score (nSPS) is 18.7. The Balaban J connectivity index is 0.000000163. The van der Waals surface area contributed by atoms with Crippen LogP contribution in [0, 0.1) is 11.8 Å². The summed E-state index contributed by atoms with van der Waals surface area (Å²) in [4.78, 5) is 39.2. The Hall–Kier alpha value is -3.53. The van der Waals surface area contributed by atoms with Crippen LogP contribution in [0.5, 0.6) is 0 Å². The minimum atomic E-state index is -0.0899. The molecule has 0 amide bonds. The molecule has 3 saturated heterocycles. The SMILES string of the molecule is C.C1CCOC1.CC(C)CCN1CCn2c1nn1c(C3CCOCC3)nc(Cl)c1c2=O.CC(C)CCN1CCn2c1nn1c(C3CCOCC3)ncc1c2=O. The second kappa shape index (κ2) is 18.6. The molecule has 16 heteroatoms. The average Bonchev–Trinajstić information content (AvgIpc) is 4.03. The Labute approximate surface area is 328 Å². The molecule has 0 unspecified atom stereocenters. The van der Waals surface area contributed by atoms with Gasteiger partial charge >= 0.3 is 0 Å². The number of hydrogen-bond acceptors (Lipinski definition) is 11. The zero-order valence-corrected chi connectivity index (χ0v) is 33.2. The summed E-state index contributed by atoms with van der Waals surface area (Å²) in [5, 5.41) is 9.86. The van der Waals surface area contributed by atoms with E-state index in [9.17, 15) is 9.59 Å². The van der Waals surface area contributed by atoms with E-state index in [0.717, 1.165) is 115 Å². The van der Waals surface area contributed by atoms with E-state index in [-0.39, 0.29) is 29.6 Å². The van der Waals surface area contributed by atoms with Crippen LogP contribution >= 0.6 is 11.6 Å². The predicted molar refractivity (Wildman–Crippen MR) is 215 cm³/mol. The van der Waals surface area contributed by atoms with E-state index in [1.54, 1.807) is 24.4 Å². The van der Waals surface area contributed by atoms with Crippen LogP contribution in [-0.2, 0) is 27.3 Å². The number of halogens is 1. The van der Waals surface area contributed by atoms with Crippen LogP contribution < -0.4 is 20.9 Å². The van der Waals surface area contributed by atoms with E-state index in [4.69, 9.17) is 36.0 Å². The molecule has 9 rings (SSSR count). The number of aromatic nitrogens is 8. The molecule has 0 spiro atoms. The zero-order valence-electron chi connectivity index (χ0n) is 32.4. The molecule has 0 atom stereocenters. The van der Waals surface area contributed by atoms with Crippen LogP contribution in [0.25, 0.3) is 11.0 Å². The van der Waals surface area contributed by atoms with Crippen molar-refractivity contribution in [2.75, 3.05) is 75.6 Å². The standard InChI is InChI=1S/C17H24ClN5O2.C17H25N5O2.C4H8O.CH4/c1-11(2)3-6-21-7-8-22-16(24)13-14(18)19-15(23(13)20-17(21)22)12-4-9-25-10-5-12;1-12(2)3-6-20-7-8-21-16(23)14-11-18-15(22(14)19-17(20)21)13-4-9-24-10-5-13;1-2-4-5-3-1;/h11-12H,3-10H2,1-2H3;11-13H,3-10H2,1-2H3;1-4H2;1H4. The van der Waals surface area contributed by atoms with Gasteiger partial charge in [0, 0.05) is 90.7 Å². The van der Waals surface area contributed by atoms with E-state index >= 15 is 0 Å². The third-order valence-corrected chi connectivity index (χ3v) is 11.3. The minimum Gasteiger partial charge on any atom is -0.381 e. The summed E-state index contributed by atoms with van der Waals surface area (Å²) in [6.45, 7) is 18.7. The topological polar surface area (TPSA) is 139 Å². The van der Waals surface area contributed by atoms with E-state index in [0.29, 0.717) is 55.1 Å². The molecule has 0 aromatic carbocycles. The third kappa shape index (κ3) is 9.05. The maximum Gasteiger partial charge on any atom is 0.282 e. The number of hydrogen-bond donors (Lipinski definition) is 0. The fraction of sp³-hybridized carbons (Fsp3) is 0.744. The summed E-state index contributed by atoms with van der Waals surface area (Å²) < 4.78 is 22.9. The molecule has 9 heterocycles. The molecule has 0 bridgehead atoms. The van der Waals surface area contributed by atoms with Crippen molar-refractivity contribution in [2.45, 2.75) is 111 Å². The molecule has 0 N–H and O–H groups in total. The molecule has 0 aliphatic carbocycles. The van der Waals surface area contributed by atoms with Crippen LogP contribution in [-0.4, -0.2) is 104 Å². The summed E-state index contributed by atoms with van der Waals surface area (Å²) in [6, 6.07) is 0. The quantitative estimate of drug-likeness (QED) is 0.228. The van der Waals surface area contributed by atoms with Gasteiger partial charge in [-0.1, -0.05) is 46.7 Å². The Kier molecular flexibility index (Phi) is 13.9. The highest BCUT2D eigenvalue weighted by Gasteiger charge is 2.30. The smallest absolute Gasteiger partial charge is 0.282 e. The fourth-order valence-electron chi connectivity index (χ4n) is 7.76. The minimum absolute atomic E-state index is 0. The Morgan fingerprint density at radius 1 is 0.691 bits per heavy atom. The molecule has 4 aromatic heterocycles. The number of anilines is 2. The second-order valence-corrected chi connectivity index (χ2v) is 16.2. The van der Waals surface area contributed by atoms with Gasteiger partial charge in [-0.3, -0.25) is 18.7 Å². The molecule has 3 fully saturated rings. The molecule has 5 aliphatic rings. The van der Waals surface area contributed by atoms with E-state index in [2.05, 4.69) is 47.5 Å². The lowest BCUT2D eigenvalue weighted by atomic mass is 10.00. The first-order valence-electron chi connectivity index (χ1n) is 20.1.